The highest BCUT2D eigenvalue weighted by molar-refractivity contribution is 5.81. The number of aryl methyl sites for hydroxylation is 1. The van der Waals surface area contributed by atoms with Crippen molar-refractivity contribution in [3.8, 4) is 11.5 Å². The first-order valence-corrected chi connectivity index (χ1v) is 8.76. The van der Waals surface area contributed by atoms with E-state index in [0.29, 0.717) is 24.7 Å². The molecule has 8 heteroatoms. The van der Waals surface area contributed by atoms with Crippen LogP contribution in [0.4, 0.5) is 5.95 Å². The second-order valence-electron chi connectivity index (χ2n) is 5.65. The van der Waals surface area contributed by atoms with Crippen LogP contribution in [0, 0.1) is 6.92 Å². The predicted molar refractivity (Wildman–Crippen MR) is 101 cm³/mol. The Kier molecular flexibility index (Phi) is 7.60. The van der Waals surface area contributed by atoms with E-state index >= 15 is 0 Å². The molecule has 0 atom stereocenters. The van der Waals surface area contributed by atoms with Gasteiger partial charge >= 0.3 is 0 Å². The predicted octanol–water partition coefficient (Wildman–Crippen LogP) is 2.89. The monoisotopic (exact) mass is 359 g/mol. The minimum Gasteiger partial charge on any atom is -0.490 e. The van der Waals surface area contributed by atoms with Gasteiger partial charge in [-0.25, -0.2) is 5.43 Å². The Morgan fingerprint density at radius 3 is 2.77 bits per heavy atom. The molecule has 0 bridgehead atoms. The molecule has 140 valence electrons. The van der Waals surface area contributed by atoms with E-state index in [1.807, 2.05) is 25.1 Å². The highest BCUT2D eigenvalue weighted by Gasteiger charge is 2.06. The zero-order chi connectivity index (χ0) is 18.8. The van der Waals surface area contributed by atoms with Gasteiger partial charge in [0.05, 0.1) is 19.4 Å². The molecule has 1 heterocycles. The van der Waals surface area contributed by atoms with Gasteiger partial charge in [-0.05, 0) is 44.0 Å². The lowest BCUT2D eigenvalue weighted by atomic mass is 10.2. The maximum absolute atomic E-state index is 11.5. The maximum Gasteiger partial charge on any atom is 0.274 e. The van der Waals surface area contributed by atoms with Gasteiger partial charge in [-0.15, -0.1) is 10.2 Å². The first-order chi connectivity index (χ1) is 12.6. The Morgan fingerprint density at radius 2 is 2.04 bits per heavy atom. The molecule has 0 radical (unpaired) electrons. The summed E-state index contributed by atoms with van der Waals surface area (Å²) >= 11 is 0. The largest absolute Gasteiger partial charge is 0.490 e. The van der Waals surface area contributed by atoms with E-state index in [1.54, 1.807) is 13.1 Å². The smallest absolute Gasteiger partial charge is 0.274 e. The number of hydrazone groups is 1. The molecule has 0 saturated carbocycles. The van der Waals surface area contributed by atoms with Gasteiger partial charge in [0, 0.05) is 0 Å². The van der Waals surface area contributed by atoms with Crippen molar-refractivity contribution in [3.63, 3.8) is 0 Å². The molecule has 0 spiro atoms. The van der Waals surface area contributed by atoms with Gasteiger partial charge in [-0.2, -0.15) is 5.10 Å². The van der Waals surface area contributed by atoms with E-state index in [-0.39, 0.29) is 11.5 Å². The van der Waals surface area contributed by atoms with Crippen LogP contribution in [0.5, 0.6) is 11.5 Å². The molecule has 1 aromatic carbocycles. The number of anilines is 1. The number of aromatic nitrogens is 3. The molecule has 0 unspecified atom stereocenters. The molecule has 0 saturated heterocycles. The molecule has 0 aliphatic heterocycles. The average Bonchev–Trinajstić information content (AvgIpc) is 2.63. The minimum absolute atomic E-state index is 0.178. The molecule has 0 aliphatic rings. The lowest BCUT2D eigenvalue weighted by Gasteiger charge is -2.12. The SMILES string of the molecule is CCCCCOc1ccc(/C=N/Nc2nnc(C)c(=O)[nH]2)cc1OCC. The fourth-order valence-corrected chi connectivity index (χ4v) is 2.14. The number of aromatic amines is 1. The molecule has 0 fully saturated rings. The molecule has 1 aromatic heterocycles. The van der Waals surface area contributed by atoms with Crippen molar-refractivity contribution in [1.29, 1.82) is 0 Å². The van der Waals surface area contributed by atoms with Crippen molar-refractivity contribution in [2.45, 2.75) is 40.0 Å². The fraction of sp³-hybridized carbons (Fsp3) is 0.444. The van der Waals surface area contributed by atoms with Gasteiger partial charge in [0.15, 0.2) is 11.5 Å². The number of unbranched alkanes of at least 4 members (excludes halogenated alkanes) is 2. The number of hydrogen-bond acceptors (Lipinski definition) is 7. The molecule has 2 aromatic rings. The van der Waals surface area contributed by atoms with Crippen molar-refractivity contribution in [1.82, 2.24) is 15.2 Å². The van der Waals surface area contributed by atoms with Gasteiger partial charge in [0.2, 0.25) is 5.95 Å². The van der Waals surface area contributed by atoms with Crippen LogP contribution < -0.4 is 20.5 Å². The third-order valence-electron chi connectivity index (χ3n) is 3.52. The third-order valence-corrected chi connectivity index (χ3v) is 3.52. The van der Waals surface area contributed by atoms with Crippen LogP contribution in [0.15, 0.2) is 28.1 Å². The minimum atomic E-state index is -0.305. The number of rotatable bonds is 10. The van der Waals surface area contributed by atoms with Gasteiger partial charge in [0.1, 0.15) is 5.69 Å². The first kappa shape index (κ1) is 19.4. The van der Waals surface area contributed by atoms with Gasteiger partial charge < -0.3 is 9.47 Å². The second kappa shape index (κ2) is 10.2. The standard InChI is InChI=1S/C18H25N5O3/c1-4-6-7-10-26-15-9-8-14(11-16(15)25-5-2)12-19-22-18-20-17(24)13(3)21-23-18/h8-9,11-12H,4-7,10H2,1-3H3,(H2,20,22,23,24)/b19-12+. The van der Waals surface area contributed by atoms with Crippen LogP contribution >= 0.6 is 0 Å². The second-order valence-corrected chi connectivity index (χ2v) is 5.65. The molecule has 2 N–H and O–H groups in total. The molecule has 8 nitrogen and oxygen atoms in total. The summed E-state index contributed by atoms with van der Waals surface area (Å²) in [5, 5.41) is 11.6. The Bertz CT molecular complexity index is 789. The normalized spacial score (nSPS) is 10.9. The van der Waals surface area contributed by atoms with Crippen LogP contribution in [-0.4, -0.2) is 34.6 Å². The molecule has 26 heavy (non-hydrogen) atoms. The summed E-state index contributed by atoms with van der Waals surface area (Å²) in [6.07, 6.45) is 4.92. The molecular weight excluding hydrogens is 334 g/mol. The topological polar surface area (TPSA) is 101 Å². The highest BCUT2D eigenvalue weighted by atomic mass is 16.5. The summed E-state index contributed by atoms with van der Waals surface area (Å²) in [5.41, 5.74) is 3.46. The third kappa shape index (κ3) is 5.87. The summed E-state index contributed by atoms with van der Waals surface area (Å²) in [6.45, 7) is 6.88. The van der Waals surface area contributed by atoms with Gasteiger partial charge in [-0.3, -0.25) is 9.78 Å². The summed E-state index contributed by atoms with van der Waals surface area (Å²) in [5.74, 6) is 1.58. The van der Waals surface area contributed by atoms with Gasteiger partial charge in [-0.1, -0.05) is 19.8 Å². The zero-order valence-electron chi connectivity index (χ0n) is 15.4. The van der Waals surface area contributed by atoms with Crippen LogP contribution in [0.1, 0.15) is 44.4 Å². The fourth-order valence-electron chi connectivity index (χ4n) is 2.14. The lowest BCUT2D eigenvalue weighted by molar-refractivity contribution is 0.271. The molecule has 0 amide bonds. The molecule has 2 rings (SSSR count). The Morgan fingerprint density at radius 1 is 1.19 bits per heavy atom. The number of nitrogens with one attached hydrogen (secondary N) is 2. The van der Waals surface area contributed by atoms with E-state index < -0.39 is 0 Å². The van der Waals surface area contributed by atoms with Crippen LogP contribution in [0.3, 0.4) is 0 Å². The zero-order valence-corrected chi connectivity index (χ0v) is 15.4. The summed E-state index contributed by atoms with van der Waals surface area (Å²) < 4.78 is 11.5. The van der Waals surface area contributed by atoms with Crippen molar-refractivity contribution in [2.24, 2.45) is 5.10 Å². The van der Waals surface area contributed by atoms with Crippen molar-refractivity contribution < 1.29 is 9.47 Å². The number of H-pyrrole nitrogens is 1. The van der Waals surface area contributed by atoms with Crippen molar-refractivity contribution in [2.75, 3.05) is 18.6 Å². The van der Waals surface area contributed by atoms with Crippen LogP contribution in [0.25, 0.3) is 0 Å². The van der Waals surface area contributed by atoms with Crippen LogP contribution in [0.2, 0.25) is 0 Å². The first-order valence-electron chi connectivity index (χ1n) is 8.76. The number of ether oxygens (including phenoxy) is 2. The number of hydrogen-bond donors (Lipinski definition) is 2. The lowest BCUT2D eigenvalue weighted by Crippen LogP contribution is -2.15. The van der Waals surface area contributed by atoms with E-state index in [1.165, 1.54) is 0 Å². The Labute approximate surface area is 152 Å². The number of nitrogens with zero attached hydrogens (tertiary/aromatic N) is 3. The van der Waals surface area contributed by atoms with Crippen molar-refractivity contribution >= 4 is 12.2 Å². The van der Waals surface area contributed by atoms with E-state index in [0.717, 1.165) is 30.6 Å². The maximum atomic E-state index is 11.5. The number of benzene rings is 1. The summed E-state index contributed by atoms with van der Waals surface area (Å²) in [7, 11) is 0. The highest BCUT2D eigenvalue weighted by Crippen LogP contribution is 2.28. The van der Waals surface area contributed by atoms with E-state index in [4.69, 9.17) is 9.47 Å². The van der Waals surface area contributed by atoms with Crippen LogP contribution in [-0.2, 0) is 0 Å². The summed E-state index contributed by atoms with van der Waals surface area (Å²) in [6, 6.07) is 5.60. The van der Waals surface area contributed by atoms with Crippen molar-refractivity contribution in [3.05, 3.63) is 39.8 Å². The summed E-state index contributed by atoms with van der Waals surface area (Å²) in [4.78, 5) is 14.0. The van der Waals surface area contributed by atoms with E-state index in [9.17, 15) is 4.79 Å². The Balaban J connectivity index is 2.02. The van der Waals surface area contributed by atoms with E-state index in [2.05, 4.69) is 32.6 Å². The Hall–Kier alpha value is -2.90. The average molecular weight is 359 g/mol. The van der Waals surface area contributed by atoms with Gasteiger partial charge in [0.25, 0.3) is 5.56 Å². The quantitative estimate of drug-likeness (QED) is 0.384. The molecule has 0 aliphatic carbocycles. The molecular formula is C18H25N5O3.